The standard InChI is InChI=1S/C18H15N3O4/c22-16(11-25-12-6-2-1-3-7-12)20-21-18(24)14-10-19-15-9-5-4-8-13(15)17(14)23/h1-10H,11H2,(H,19,23)(H,20,22)(H,21,24). The fraction of sp³-hybridized carbons (Fsp3) is 0.0556. The molecular weight excluding hydrogens is 322 g/mol. The van der Waals surface area contributed by atoms with Gasteiger partial charge in [0.25, 0.3) is 11.8 Å². The van der Waals surface area contributed by atoms with Crippen molar-refractivity contribution in [3.05, 3.63) is 76.6 Å². The van der Waals surface area contributed by atoms with Gasteiger partial charge in [-0.25, -0.2) is 0 Å². The maximum Gasteiger partial charge on any atom is 0.276 e. The lowest BCUT2D eigenvalue weighted by Gasteiger charge is -2.09. The van der Waals surface area contributed by atoms with Gasteiger partial charge in [-0.2, -0.15) is 0 Å². The van der Waals surface area contributed by atoms with Crippen LogP contribution in [0.3, 0.4) is 0 Å². The topological polar surface area (TPSA) is 100 Å². The van der Waals surface area contributed by atoms with Crippen LogP contribution in [-0.4, -0.2) is 23.4 Å². The normalized spacial score (nSPS) is 10.2. The van der Waals surface area contributed by atoms with Crippen molar-refractivity contribution in [3.63, 3.8) is 0 Å². The van der Waals surface area contributed by atoms with E-state index in [4.69, 9.17) is 4.74 Å². The number of aromatic amines is 1. The molecule has 126 valence electrons. The van der Waals surface area contributed by atoms with E-state index in [1.807, 2.05) is 6.07 Å². The predicted molar refractivity (Wildman–Crippen MR) is 92.1 cm³/mol. The van der Waals surface area contributed by atoms with Crippen LogP contribution in [0.25, 0.3) is 10.9 Å². The first-order chi connectivity index (χ1) is 12.1. The van der Waals surface area contributed by atoms with E-state index < -0.39 is 17.2 Å². The highest BCUT2D eigenvalue weighted by Gasteiger charge is 2.13. The summed E-state index contributed by atoms with van der Waals surface area (Å²) in [7, 11) is 0. The van der Waals surface area contributed by atoms with Crippen molar-refractivity contribution in [2.45, 2.75) is 0 Å². The third-order valence-corrected chi connectivity index (χ3v) is 3.46. The van der Waals surface area contributed by atoms with Crippen LogP contribution >= 0.6 is 0 Å². The molecule has 0 atom stereocenters. The Hall–Kier alpha value is -3.61. The summed E-state index contributed by atoms with van der Waals surface area (Å²) in [4.78, 5) is 39.0. The fourth-order valence-corrected chi connectivity index (χ4v) is 2.23. The Morgan fingerprint density at radius 3 is 2.48 bits per heavy atom. The van der Waals surface area contributed by atoms with Crippen LogP contribution in [0.1, 0.15) is 10.4 Å². The minimum atomic E-state index is -0.708. The molecule has 3 rings (SSSR count). The molecule has 3 aromatic rings. The van der Waals surface area contributed by atoms with Crippen LogP contribution in [0, 0.1) is 0 Å². The van der Waals surface area contributed by atoms with Gasteiger partial charge in [0.2, 0.25) is 5.43 Å². The molecule has 0 aliphatic carbocycles. The minimum absolute atomic E-state index is 0.0945. The second kappa shape index (κ2) is 7.31. The van der Waals surface area contributed by atoms with E-state index in [-0.39, 0.29) is 12.2 Å². The summed E-state index contributed by atoms with van der Waals surface area (Å²) < 4.78 is 5.26. The average molecular weight is 337 g/mol. The van der Waals surface area contributed by atoms with Crippen molar-refractivity contribution in [2.75, 3.05) is 6.61 Å². The van der Waals surface area contributed by atoms with Crippen LogP contribution in [0.2, 0.25) is 0 Å². The highest BCUT2D eigenvalue weighted by atomic mass is 16.5. The molecule has 0 bridgehead atoms. The highest BCUT2D eigenvalue weighted by Crippen LogP contribution is 2.08. The van der Waals surface area contributed by atoms with Gasteiger partial charge in [0, 0.05) is 17.1 Å². The number of benzene rings is 2. The van der Waals surface area contributed by atoms with Crippen molar-refractivity contribution < 1.29 is 14.3 Å². The number of amides is 2. The Bertz CT molecular complexity index is 967. The molecule has 0 spiro atoms. The number of carbonyl (C=O) groups excluding carboxylic acids is 2. The van der Waals surface area contributed by atoms with E-state index in [2.05, 4.69) is 15.8 Å². The van der Waals surface area contributed by atoms with E-state index in [9.17, 15) is 14.4 Å². The number of fused-ring (bicyclic) bond motifs is 1. The molecule has 0 fully saturated rings. The van der Waals surface area contributed by atoms with Gasteiger partial charge in [-0.15, -0.1) is 0 Å². The summed E-state index contributed by atoms with van der Waals surface area (Å²) in [6.45, 7) is -0.266. The van der Waals surface area contributed by atoms with Gasteiger partial charge in [-0.05, 0) is 24.3 Å². The molecule has 1 heterocycles. The van der Waals surface area contributed by atoms with E-state index in [0.717, 1.165) is 0 Å². The lowest BCUT2D eigenvalue weighted by atomic mass is 10.1. The van der Waals surface area contributed by atoms with Crippen LogP contribution in [0.15, 0.2) is 65.6 Å². The number of hydrazine groups is 1. The number of aromatic nitrogens is 1. The number of pyridine rings is 1. The SMILES string of the molecule is O=C(COc1ccccc1)NNC(=O)c1c[nH]c2ccccc2c1=O. The molecule has 0 aliphatic rings. The maximum atomic E-state index is 12.3. The van der Waals surface area contributed by atoms with Gasteiger partial charge >= 0.3 is 0 Å². The Balaban J connectivity index is 1.60. The molecule has 1 aromatic heterocycles. The number of rotatable bonds is 4. The summed E-state index contributed by atoms with van der Waals surface area (Å²) >= 11 is 0. The Morgan fingerprint density at radius 1 is 0.960 bits per heavy atom. The zero-order valence-electron chi connectivity index (χ0n) is 13.1. The van der Waals surface area contributed by atoms with Gasteiger partial charge in [0.1, 0.15) is 11.3 Å². The monoisotopic (exact) mass is 337 g/mol. The average Bonchev–Trinajstić information content (AvgIpc) is 2.66. The maximum absolute atomic E-state index is 12.3. The second-order valence-corrected chi connectivity index (χ2v) is 5.18. The number of ether oxygens (including phenoxy) is 1. The predicted octanol–water partition coefficient (Wildman–Crippen LogP) is 1.37. The molecule has 0 saturated heterocycles. The number of hydrogen-bond acceptors (Lipinski definition) is 4. The first-order valence-electron chi connectivity index (χ1n) is 7.52. The molecule has 0 radical (unpaired) electrons. The van der Waals surface area contributed by atoms with E-state index >= 15 is 0 Å². The third kappa shape index (κ3) is 3.84. The van der Waals surface area contributed by atoms with E-state index in [1.165, 1.54) is 6.20 Å². The van der Waals surface area contributed by atoms with Gasteiger partial charge in [0.15, 0.2) is 6.61 Å². The Kier molecular flexibility index (Phi) is 4.75. The largest absolute Gasteiger partial charge is 0.484 e. The molecule has 7 heteroatoms. The molecule has 0 aliphatic heterocycles. The van der Waals surface area contributed by atoms with Crippen LogP contribution in [-0.2, 0) is 4.79 Å². The zero-order chi connectivity index (χ0) is 17.6. The van der Waals surface area contributed by atoms with Crippen molar-refractivity contribution in [1.82, 2.24) is 15.8 Å². The van der Waals surface area contributed by atoms with Crippen molar-refractivity contribution in [1.29, 1.82) is 0 Å². The third-order valence-electron chi connectivity index (χ3n) is 3.46. The lowest BCUT2D eigenvalue weighted by Crippen LogP contribution is -2.45. The molecule has 7 nitrogen and oxygen atoms in total. The lowest BCUT2D eigenvalue weighted by molar-refractivity contribution is -0.123. The number of carbonyl (C=O) groups is 2. The summed E-state index contributed by atoms with van der Waals surface area (Å²) in [5.74, 6) is -0.718. The number of nitrogens with one attached hydrogen (secondary N) is 3. The Labute approximate surface area is 142 Å². The van der Waals surface area contributed by atoms with Gasteiger partial charge < -0.3 is 9.72 Å². The van der Waals surface area contributed by atoms with E-state index in [0.29, 0.717) is 16.7 Å². The number of para-hydroxylation sites is 2. The van der Waals surface area contributed by atoms with Crippen molar-refractivity contribution >= 4 is 22.7 Å². The first-order valence-corrected chi connectivity index (χ1v) is 7.52. The quantitative estimate of drug-likeness (QED) is 0.626. The smallest absolute Gasteiger partial charge is 0.276 e. The molecular formula is C18H15N3O4. The second-order valence-electron chi connectivity index (χ2n) is 5.18. The summed E-state index contributed by atoms with van der Waals surface area (Å²) in [6, 6.07) is 15.7. The van der Waals surface area contributed by atoms with Crippen LogP contribution in [0.4, 0.5) is 0 Å². The van der Waals surface area contributed by atoms with Gasteiger partial charge in [-0.3, -0.25) is 25.2 Å². The minimum Gasteiger partial charge on any atom is -0.484 e. The van der Waals surface area contributed by atoms with E-state index in [1.54, 1.807) is 48.5 Å². The zero-order valence-corrected chi connectivity index (χ0v) is 13.1. The van der Waals surface area contributed by atoms with Crippen molar-refractivity contribution in [3.8, 4) is 5.75 Å². The molecule has 0 saturated carbocycles. The van der Waals surface area contributed by atoms with Crippen molar-refractivity contribution in [2.24, 2.45) is 0 Å². The fourth-order valence-electron chi connectivity index (χ4n) is 2.23. The van der Waals surface area contributed by atoms with Gasteiger partial charge in [0.05, 0.1) is 0 Å². The highest BCUT2D eigenvalue weighted by molar-refractivity contribution is 5.98. The Morgan fingerprint density at radius 2 is 1.68 bits per heavy atom. The summed E-state index contributed by atoms with van der Waals surface area (Å²) in [6.07, 6.45) is 1.31. The first kappa shape index (κ1) is 16.3. The molecule has 3 N–H and O–H groups in total. The van der Waals surface area contributed by atoms with Crippen LogP contribution < -0.4 is 21.0 Å². The molecule has 2 aromatic carbocycles. The molecule has 25 heavy (non-hydrogen) atoms. The van der Waals surface area contributed by atoms with Gasteiger partial charge in [-0.1, -0.05) is 30.3 Å². The number of hydrogen-bond donors (Lipinski definition) is 3. The van der Waals surface area contributed by atoms with Crippen LogP contribution in [0.5, 0.6) is 5.75 Å². The molecule has 2 amide bonds. The summed E-state index contributed by atoms with van der Waals surface area (Å²) in [5, 5.41) is 0.397. The number of H-pyrrole nitrogens is 1. The summed E-state index contributed by atoms with van der Waals surface area (Å²) in [5.41, 5.74) is 4.53. The molecule has 0 unspecified atom stereocenters.